The van der Waals surface area contributed by atoms with Crippen molar-refractivity contribution in [3.63, 3.8) is 0 Å². The molecule has 0 aliphatic heterocycles. The molecule has 1 atom stereocenters. The highest BCUT2D eigenvalue weighted by atomic mass is 16.5. The lowest BCUT2D eigenvalue weighted by Gasteiger charge is -2.02. The van der Waals surface area contributed by atoms with Gasteiger partial charge >= 0.3 is 0 Å². The number of hydrogen-bond donors (Lipinski definition) is 1. The first-order chi connectivity index (χ1) is 8.63. The van der Waals surface area contributed by atoms with Crippen molar-refractivity contribution in [2.24, 2.45) is 5.73 Å². The van der Waals surface area contributed by atoms with Gasteiger partial charge in [-0.2, -0.15) is 10.1 Å². The van der Waals surface area contributed by atoms with Gasteiger partial charge in [0.1, 0.15) is 5.69 Å². The minimum absolute atomic E-state index is 0.0771. The van der Waals surface area contributed by atoms with Gasteiger partial charge in [-0.1, -0.05) is 12.1 Å². The summed E-state index contributed by atoms with van der Waals surface area (Å²) >= 11 is 0. The van der Waals surface area contributed by atoms with Crippen molar-refractivity contribution < 1.29 is 4.52 Å². The molecule has 0 spiro atoms. The Kier molecular flexibility index (Phi) is 3.76. The maximum atomic E-state index is 5.87. The first-order valence-electron chi connectivity index (χ1n) is 6.27. The van der Waals surface area contributed by atoms with Crippen molar-refractivity contribution in [2.45, 2.75) is 46.2 Å². The molecular weight excluding hydrogens is 230 g/mol. The summed E-state index contributed by atoms with van der Waals surface area (Å²) in [5.74, 6) is 1.16. The van der Waals surface area contributed by atoms with Crippen LogP contribution in [0.4, 0.5) is 0 Å². The zero-order valence-electron chi connectivity index (χ0n) is 11.1. The van der Waals surface area contributed by atoms with Gasteiger partial charge < -0.3 is 10.3 Å². The molecule has 0 bridgehead atoms. The van der Waals surface area contributed by atoms with E-state index >= 15 is 0 Å². The summed E-state index contributed by atoms with van der Waals surface area (Å²) in [6.07, 6.45) is 1.54. The van der Waals surface area contributed by atoms with Gasteiger partial charge in [-0.15, -0.1) is 0 Å². The van der Waals surface area contributed by atoms with Crippen LogP contribution in [-0.2, 0) is 13.0 Å². The number of hydrogen-bond acceptors (Lipinski definition) is 5. The molecule has 2 aromatic rings. The van der Waals surface area contributed by atoms with Crippen molar-refractivity contribution in [3.05, 3.63) is 17.6 Å². The van der Waals surface area contributed by atoms with Crippen molar-refractivity contribution in [1.82, 2.24) is 19.9 Å². The van der Waals surface area contributed by atoms with E-state index < -0.39 is 0 Å². The van der Waals surface area contributed by atoms with Gasteiger partial charge in [-0.3, -0.25) is 4.68 Å². The summed E-state index contributed by atoms with van der Waals surface area (Å²) in [4.78, 5) is 4.37. The van der Waals surface area contributed by atoms with Gasteiger partial charge in [0.2, 0.25) is 0 Å². The molecule has 1 unspecified atom stereocenters. The molecule has 6 heteroatoms. The highest BCUT2D eigenvalue weighted by molar-refractivity contribution is 5.47. The zero-order chi connectivity index (χ0) is 13.1. The van der Waals surface area contributed by atoms with Crippen LogP contribution in [0, 0.1) is 6.92 Å². The molecule has 0 aromatic carbocycles. The average Bonchev–Trinajstić information content (AvgIpc) is 2.95. The van der Waals surface area contributed by atoms with E-state index in [9.17, 15) is 0 Å². The highest BCUT2D eigenvalue weighted by Gasteiger charge is 2.15. The number of aryl methyl sites for hydroxylation is 2. The van der Waals surface area contributed by atoms with Gasteiger partial charge in [0.25, 0.3) is 5.89 Å². The van der Waals surface area contributed by atoms with E-state index in [1.54, 1.807) is 0 Å². The van der Waals surface area contributed by atoms with Crippen LogP contribution >= 0.6 is 0 Å². The molecule has 2 N–H and O–H groups in total. The zero-order valence-corrected chi connectivity index (χ0v) is 11.1. The third-order valence-corrected chi connectivity index (χ3v) is 2.86. The molecule has 0 fully saturated rings. The van der Waals surface area contributed by atoms with Crippen molar-refractivity contribution in [3.8, 4) is 11.6 Å². The molecular formula is C12H19N5O. The molecule has 0 saturated carbocycles. The van der Waals surface area contributed by atoms with Gasteiger partial charge in [0, 0.05) is 19.0 Å². The van der Waals surface area contributed by atoms with Crippen molar-refractivity contribution in [1.29, 1.82) is 0 Å². The van der Waals surface area contributed by atoms with Gasteiger partial charge in [-0.05, 0) is 26.3 Å². The average molecular weight is 249 g/mol. The molecule has 0 saturated heterocycles. The smallest absolute Gasteiger partial charge is 0.276 e. The van der Waals surface area contributed by atoms with Crippen molar-refractivity contribution in [2.75, 3.05) is 0 Å². The number of rotatable bonds is 5. The molecule has 18 heavy (non-hydrogen) atoms. The minimum Gasteiger partial charge on any atom is -0.332 e. The van der Waals surface area contributed by atoms with Crippen LogP contribution in [0.2, 0.25) is 0 Å². The SMILES string of the molecule is CCC(N)Cc1noc(-c2cc(C)nn2CC)n1. The molecule has 0 radical (unpaired) electrons. The number of aromatic nitrogens is 4. The second kappa shape index (κ2) is 5.30. The van der Waals surface area contributed by atoms with Crippen LogP contribution < -0.4 is 5.73 Å². The third-order valence-electron chi connectivity index (χ3n) is 2.86. The lowest BCUT2D eigenvalue weighted by molar-refractivity contribution is 0.415. The quantitative estimate of drug-likeness (QED) is 0.869. The van der Waals surface area contributed by atoms with Gasteiger partial charge in [0.05, 0.1) is 5.69 Å². The fraction of sp³-hybridized carbons (Fsp3) is 0.583. The maximum Gasteiger partial charge on any atom is 0.276 e. The van der Waals surface area contributed by atoms with Gasteiger partial charge in [0.15, 0.2) is 5.82 Å². The van der Waals surface area contributed by atoms with E-state index in [0.29, 0.717) is 18.1 Å². The first kappa shape index (κ1) is 12.8. The number of nitrogens with two attached hydrogens (primary N) is 1. The van der Waals surface area contributed by atoms with Crippen LogP contribution in [-0.4, -0.2) is 26.0 Å². The lowest BCUT2D eigenvalue weighted by Crippen LogP contribution is -2.21. The second-order valence-corrected chi connectivity index (χ2v) is 4.37. The Hall–Kier alpha value is -1.69. The summed E-state index contributed by atoms with van der Waals surface area (Å²) in [6.45, 7) is 6.79. The Bertz CT molecular complexity index is 516. The number of nitrogens with zero attached hydrogens (tertiary/aromatic N) is 4. The van der Waals surface area contributed by atoms with E-state index in [0.717, 1.165) is 24.4 Å². The predicted molar refractivity (Wildman–Crippen MR) is 67.9 cm³/mol. The van der Waals surface area contributed by atoms with Gasteiger partial charge in [-0.25, -0.2) is 0 Å². The molecule has 2 aromatic heterocycles. The molecule has 6 nitrogen and oxygen atoms in total. The summed E-state index contributed by atoms with van der Waals surface area (Å²) in [7, 11) is 0. The predicted octanol–water partition coefficient (Wildman–Crippen LogP) is 1.54. The molecule has 0 amide bonds. The standard InChI is InChI=1S/C12H19N5O/c1-4-9(13)7-11-14-12(18-16-11)10-6-8(3)15-17(10)5-2/h6,9H,4-5,7,13H2,1-3H3. The Balaban J connectivity index is 2.23. The fourth-order valence-electron chi connectivity index (χ4n) is 1.78. The van der Waals surface area contributed by atoms with Crippen LogP contribution in [0.25, 0.3) is 11.6 Å². The van der Waals surface area contributed by atoms with E-state index in [-0.39, 0.29) is 6.04 Å². The minimum atomic E-state index is 0.0771. The summed E-state index contributed by atoms with van der Waals surface area (Å²) in [5, 5.41) is 8.31. The fourth-order valence-corrected chi connectivity index (χ4v) is 1.78. The van der Waals surface area contributed by atoms with Crippen LogP contribution in [0.5, 0.6) is 0 Å². The van der Waals surface area contributed by atoms with E-state index in [2.05, 4.69) is 15.2 Å². The van der Waals surface area contributed by atoms with Crippen molar-refractivity contribution >= 4 is 0 Å². The Labute approximate surface area is 106 Å². The first-order valence-corrected chi connectivity index (χ1v) is 6.27. The second-order valence-electron chi connectivity index (χ2n) is 4.37. The molecule has 2 rings (SSSR count). The summed E-state index contributed by atoms with van der Waals surface area (Å²) in [5.41, 5.74) is 7.68. The normalized spacial score (nSPS) is 12.9. The lowest BCUT2D eigenvalue weighted by atomic mass is 10.2. The Morgan fingerprint density at radius 1 is 1.44 bits per heavy atom. The monoisotopic (exact) mass is 249 g/mol. The summed E-state index contributed by atoms with van der Waals surface area (Å²) in [6, 6.07) is 2.02. The van der Waals surface area contributed by atoms with E-state index in [1.807, 2.05) is 31.5 Å². The topological polar surface area (TPSA) is 82.8 Å². The van der Waals surface area contributed by atoms with Crippen LogP contribution in [0.3, 0.4) is 0 Å². The Morgan fingerprint density at radius 3 is 2.89 bits per heavy atom. The Morgan fingerprint density at radius 2 is 2.22 bits per heavy atom. The maximum absolute atomic E-state index is 5.87. The van der Waals surface area contributed by atoms with Crippen LogP contribution in [0.1, 0.15) is 31.8 Å². The summed E-state index contributed by atoms with van der Waals surface area (Å²) < 4.78 is 7.13. The van der Waals surface area contributed by atoms with E-state index in [1.165, 1.54) is 0 Å². The molecule has 98 valence electrons. The van der Waals surface area contributed by atoms with E-state index in [4.69, 9.17) is 10.3 Å². The molecule has 0 aliphatic rings. The van der Waals surface area contributed by atoms with Crippen LogP contribution in [0.15, 0.2) is 10.6 Å². The third kappa shape index (κ3) is 2.59. The highest BCUT2D eigenvalue weighted by Crippen LogP contribution is 2.18. The molecule has 2 heterocycles. The largest absolute Gasteiger partial charge is 0.332 e. The molecule has 0 aliphatic carbocycles.